The lowest BCUT2D eigenvalue weighted by Crippen LogP contribution is -2.66. The van der Waals surface area contributed by atoms with Gasteiger partial charge in [-0.3, -0.25) is 4.79 Å². The summed E-state index contributed by atoms with van der Waals surface area (Å²) in [5.74, 6) is -0.303. The molecule has 19 heteroatoms. The maximum atomic E-state index is 13.0. The van der Waals surface area contributed by atoms with E-state index < -0.39 is 124 Å². The first-order valence-corrected chi connectivity index (χ1v) is 30.1. The second-order valence-corrected chi connectivity index (χ2v) is 21.8. The minimum atomic E-state index is -1.98. The number of rotatable bonds is 44. The average molecular weight is 1110 g/mol. The summed E-state index contributed by atoms with van der Waals surface area (Å²) in [6, 6.07) is -0.982. The van der Waals surface area contributed by atoms with Gasteiger partial charge in [0.1, 0.15) is 73.2 Å². The molecule has 3 saturated heterocycles. The van der Waals surface area contributed by atoms with Crippen LogP contribution in [0.1, 0.15) is 206 Å². The van der Waals surface area contributed by atoms with E-state index in [0.717, 1.165) is 38.5 Å². The van der Waals surface area contributed by atoms with Crippen LogP contribution in [-0.2, 0) is 33.2 Å². The van der Waals surface area contributed by atoms with Crippen LogP contribution >= 0.6 is 0 Å². The van der Waals surface area contributed by atoms with Crippen LogP contribution in [0.2, 0.25) is 0 Å². The second-order valence-electron chi connectivity index (χ2n) is 21.8. The molecule has 19 nitrogen and oxygen atoms in total. The Morgan fingerprint density at radius 1 is 0.455 bits per heavy atom. The molecule has 1 amide bonds. The normalized spacial score (nSPS) is 30.8. The fourth-order valence-electron chi connectivity index (χ4n) is 10.3. The Bertz CT molecular complexity index is 1510. The number of unbranched alkanes of at least 4 members (excludes halogenated alkanes) is 26. The molecule has 452 valence electrons. The predicted molar refractivity (Wildman–Crippen MR) is 291 cm³/mol. The van der Waals surface area contributed by atoms with E-state index in [4.69, 9.17) is 28.4 Å². The van der Waals surface area contributed by atoms with E-state index in [1.54, 1.807) is 6.08 Å². The fourth-order valence-corrected chi connectivity index (χ4v) is 10.3. The second kappa shape index (κ2) is 42.1. The van der Waals surface area contributed by atoms with Crippen molar-refractivity contribution in [3.8, 4) is 0 Å². The maximum absolute atomic E-state index is 13.0. The molecule has 0 aliphatic carbocycles. The van der Waals surface area contributed by atoms with Gasteiger partial charge in [0, 0.05) is 6.42 Å². The van der Waals surface area contributed by atoms with Gasteiger partial charge >= 0.3 is 0 Å². The largest absolute Gasteiger partial charge is 0.394 e. The summed E-state index contributed by atoms with van der Waals surface area (Å²) in [6.07, 6.45) is 17.2. The van der Waals surface area contributed by atoms with Crippen LogP contribution in [0.4, 0.5) is 0 Å². The zero-order chi connectivity index (χ0) is 56.2. The highest BCUT2D eigenvalue weighted by atomic mass is 16.8. The van der Waals surface area contributed by atoms with E-state index in [2.05, 4.69) is 31.3 Å². The number of aliphatic hydroxyl groups excluding tert-OH is 11. The Morgan fingerprint density at radius 3 is 1.30 bits per heavy atom. The maximum Gasteiger partial charge on any atom is 0.220 e. The number of ether oxygens (including phenoxy) is 6. The Kier molecular flexibility index (Phi) is 38.1. The van der Waals surface area contributed by atoms with Crippen molar-refractivity contribution in [1.82, 2.24) is 5.32 Å². The third kappa shape index (κ3) is 26.4. The topological polar surface area (TPSA) is 307 Å². The molecule has 77 heavy (non-hydrogen) atoms. The zero-order valence-corrected chi connectivity index (χ0v) is 46.9. The third-order valence-electron chi connectivity index (χ3n) is 15.3. The minimum absolute atomic E-state index is 0.228. The molecular formula is C58H107NO18. The Balaban J connectivity index is 1.37. The van der Waals surface area contributed by atoms with Crippen molar-refractivity contribution >= 4 is 5.91 Å². The first-order chi connectivity index (χ1) is 37.3. The molecule has 3 aliphatic rings. The van der Waals surface area contributed by atoms with Gasteiger partial charge < -0.3 is 89.9 Å². The summed E-state index contributed by atoms with van der Waals surface area (Å²) < 4.78 is 34.0. The molecule has 0 aromatic rings. The number of nitrogens with one attached hydrogen (secondary N) is 1. The van der Waals surface area contributed by atoms with E-state index in [9.17, 15) is 61.0 Å². The van der Waals surface area contributed by atoms with Crippen LogP contribution in [0.3, 0.4) is 0 Å². The van der Waals surface area contributed by atoms with Gasteiger partial charge in [-0.25, -0.2) is 0 Å². The molecule has 0 aromatic heterocycles. The smallest absolute Gasteiger partial charge is 0.220 e. The highest BCUT2D eigenvalue weighted by molar-refractivity contribution is 5.76. The van der Waals surface area contributed by atoms with E-state index in [1.807, 2.05) is 6.08 Å². The molecule has 0 aromatic carbocycles. The van der Waals surface area contributed by atoms with Crippen molar-refractivity contribution in [3.63, 3.8) is 0 Å². The first kappa shape index (κ1) is 69.5. The standard InChI is InChI=1S/C58H107NO18/c1-3-5-7-9-10-11-12-13-14-15-16-17-18-19-20-21-22-23-24-25-26-27-28-29-30-31-32-33-35-42(63)41(59-46(64)36-34-8-6-4-2)40-72-56-52(70)49(67)54(44(38-61)74-56)77-58-53(71)50(68)55(45(39-62)75-58)76-57-51(69)48(66)47(65)43(37-60)73-57/h29-30,33,35,41-45,47-58,60-63,65-71H,3-28,31-32,34,36-40H2,1-2H3,(H,59,64)/b30-29+,35-33+. The van der Waals surface area contributed by atoms with Gasteiger partial charge in [-0.15, -0.1) is 0 Å². The highest BCUT2D eigenvalue weighted by Gasteiger charge is 2.53. The monoisotopic (exact) mass is 1110 g/mol. The average Bonchev–Trinajstić information content (AvgIpc) is 3.43. The quantitative estimate of drug-likeness (QED) is 0.0277. The van der Waals surface area contributed by atoms with Crippen LogP contribution < -0.4 is 5.32 Å². The first-order valence-electron chi connectivity index (χ1n) is 30.1. The van der Waals surface area contributed by atoms with Gasteiger partial charge in [0.2, 0.25) is 5.91 Å². The molecule has 3 rings (SSSR count). The number of amides is 1. The summed E-state index contributed by atoms with van der Waals surface area (Å²) in [5.41, 5.74) is 0. The molecule has 12 N–H and O–H groups in total. The van der Waals surface area contributed by atoms with Crippen LogP contribution in [0.5, 0.6) is 0 Å². The molecule has 0 radical (unpaired) electrons. The molecule has 3 aliphatic heterocycles. The summed E-state index contributed by atoms with van der Waals surface area (Å²) in [7, 11) is 0. The van der Waals surface area contributed by atoms with Crippen molar-refractivity contribution in [2.45, 2.75) is 311 Å². The number of allylic oxidation sites excluding steroid dienone is 3. The van der Waals surface area contributed by atoms with E-state index in [1.165, 1.54) is 135 Å². The van der Waals surface area contributed by atoms with Crippen LogP contribution in [0.25, 0.3) is 0 Å². The van der Waals surface area contributed by atoms with Gasteiger partial charge in [0.05, 0.1) is 38.6 Å². The van der Waals surface area contributed by atoms with Crippen molar-refractivity contribution in [3.05, 3.63) is 24.3 Å². The van der Waals surface area contributed by atoms with Crippen molar-refractivity contribution in [2.75, 3.05) is 26.4 Å². The van der Waals surface area contributed by atoms with Crippen LogP contribution in [0.15, 0.2) is 24.3 Å². The fraction of sp³-hybridized carbons (Fsp3) is 0.914. The molecule has 17 atom stereocenters. The Hall–Kier alpha value is -1.73. The third-order valence-corrected chi connectivity index (χ3v) is 15.3. The number of hydrogen-bond acceptors (Lipinski definition) is 18. The molecule has 3 fully saturated rings. The zero-order valence-electron chi connectivity index (χ0n) is 46.9. The molecule has 0 spiro atoms. The van der Waals surface area contributed by atoms with E-state index >= 15 is 0 Å². The molecule has 0 saturated carbocycles. The van der Waals surface area contributed by atoms with Crippen LogP contribution in [-0.4, -0.2) is 193 Å². The molecule has 17 unspecified atom stereocenters. The van der Waals surface area contributed by atoms with Crippen molar-refractivity contribution in [1.29, 1.82) is 0 Å². The minimum Gasteiger partial charge on any atom is -0.394 e. The van der Waals surface area contributed by atoms with Crippen LogP contribution in [0, 0.1) is 0 Å². The van der Waals surface area contributed by atoms with Gasteiger partial charge in [-0.05, 0) is 32.1 Å². The summed E-state index contributed by atoms with van der Waals surface area (Å²) in [5, 5.41) is 119. The molecule has 0 bridgehead atoms. The number of aliphatic hydroxyl groups is 11. The van der Waals surface area contributed by atoms with Gasteiger partial charge in [0.25, 0.3) is 0 Å². The molecule has 3 heterocycles. The van der Waals surface area contributed by atoms with Gasteiger partial charge in [0.15, 0.2) is 18.9 Å². The Morgan fingerprint density at radius 2 is 0.831 bits per heavy atom. The lowest BCUT2D eigenvalue weighted by molar-refractivity contribution is -0.379. The SMILES string of the molecule is CCCCCCCCCCCCCCCCCCCCCCCC/C=C/CC/C=C/C(O)C(COC1OC(CO)C(OC2OC(CO)C(OC3OC(CO)C(O)C(O)C3O)C(O)C2O)C(O)C1O)NC(=O)CCCCCC. The molecular weight excluding hydrogens is 999 g/mol. The summed E-state index contributed by atoms with van der Waals surface area (Å²) in [6.45, 7) is 1.56. The van der Waals surface area contributed by atoms with Crippen molar-refractivity contribution < 1.29 is 89.4 Å². The predicted octanol–water partition coefficient (Wildman–Crippen LogP) is 5.15. The number of carbonyl (C=O) groups excluding carboxylic acids is 1. The lowest BCUT2D eigenvalue weighted by Gasteiger charge is -2.48. The summed E-state index contributed by atoms with van der Waals surface area (Å²) in [4.78, 5) is 13.0. The van der Waals surface area contributed by atoms with E-state index in [-0.39, 0.29) is 18.9 Å². The number of hydrogen-bond donors (Lipinski definition) is 12. The Labute approximate surface area is 460 Å². The van der Waals surface area contributed by atoms with Gasteiger partial charge in [-0.2, -0.15) is 0 Å². The van der Waals surface area contributed by atoms with E-state index in [0.29, 0.717) is 12.8 Å². The van der Waals surface area contributed by atoms with Crippen molar-refractivity contribution in [2.24, 2.45) is 0 Å². The highest BCUT2D eigenvalue weighted by Crippen LogP contribution is 2.33. The summed E-state index contributed by atoms with van der Waals surface area (Å²) >= 11 is 0. The van der Waals surface area contributed by atoms with Gasteiger partial charge in [-0.1, -0.05) is 192 Å². The number of carbonyl (C=O) groups is 1. The lowest BCUT2D eigenvalue weighted by atomic mass is 9.96.